The van der Waals surface area contributed by atoms with Gasteiger partial charge in [-0.15, -0.1) is 0 Å². The van der Waals surface area contributed by atoms with Crippen molar-refractivity contribution in [2.75, 3.05) is 20.2 Å². The zero-order valence-electron chi connectivity index (χ0n) is 8.99. The molecule has 0 aliphatic carbocycles. The third-order valence-electron chi connectivity index (χ3n) is 2.83. The third kappa shape index (κ3) is 1.87. The number of hydrogen-bond donors (Lipinski definition) is 1. The van der Waals surface area contributed by atoms with Crippen LogP contribution in [0.2, 0.25) is 0 Å². The first-order valence-electron chi connectivity index (χ1n) is 5.04. The highest BCUT2D eigenvalue weighted by atomic mass is 16.5. The predicted octanol–water partition coefficient (Wildman–Crippen LogP) is 0.579. The van der Waals surface area contributed by atoms with Gasteiger partial charge in [0.2, 0.25) is 0 Å². The second kappa shape index (κ2) is 4.02. The van der Waals surface area contributed by atoms with Crippen molar-refractivity contribution in [2.24, 2.45) is 0 Å². The van der Waals surface area contributed by atoms with E-state index in [-0.39, 0.29) is 12.0 Å². The summed E-state index contributed by atoms with van der Waals surface area (Å²) < 4.78 is 5.22. The number of aryl methyl sites for hydroxylation is 1. The molecule has 1 aromatic heterocycles. The van der Waals surface area contributed by atoms with Gasteiger partial charge in [0.1, 0.15) is 0 Å². The molecular weight excluding hydrogens is 194 g/mol. The molecule has 2 heterocycles. The SMILES string of the molecule is COC1CCN(C(=O)c2cn[nH]c2C)C1. The van der Waals surface area contributed by atoms with Crippen molar-refractivity contribution in [3.8, 4) is 0 Å². The molecule has 1 aliphatic heterocycles. The molecule has 0 radical (unpaired) electrons. The Morgan fingerprint density at radius 1 is 1.73 bits per heavy atom. The van der Waals surface area contributed by atoms with Crippen molar-refractivity contribution in [1.82, 2.24) is 15.1 Å². The number of nitrogens with zero attached hydrogens (tertiary/aromatic N) is 2. The number of likely N-dealkylation sites (tertiary alicyclic amines) is 1. The van der Waals surface area contributed by atoms with Crippen molar-refractivity contribution in [2.45, 2.75) is 19.4 Å². The lowest BCUT2D eigenvalue weighted by atomic mass is 10.2. The molecule has 1 aromatic rings. The van der Waals surface area contributed by atoms with E-state index < -0.39 is 0 Å². The molecule has 82 valence electrons. The van der Waals surface area contributed by atoms with Crippen LogP contribution in [-0.2, 0) is 4.74 Å². The number of hydrogen-bond acceptors (Lipinski definition) is 3. The van der Waals surface area contributed by atoms with Crippen LogP contribution in [0.3, 0.4) is 0 Å². The van der Waals surface area contributed by atoms with Crippen LogP contribution in [0.1, 0.15) is 22.5 Å². The van der Waals surface area contributed by atoms with Gasteiger partial charge in [-0.25, -0.2) is 0 Å². The minimum absolute atomic E-state index is 0.0424. The Kier molecular flexibility index (Phi) is 2.73. The summed E-state index contributed by atoms with van der Waals surface area (Å²) in [5.41, 5.74) is 1.48. The van der Waals surface area contributed by atoms with Crippen LogP contribution >= 0.6 is 0 Å². The third-order valence-corrected chi connectivity index (χ3v) is 2.83. The first kappa shape index (κ1) is 10.2. The van der Waals surface area contributed by atoms with Crippen molar-refractivity contribution in [1.29, 1.82) is 0 Å². The maximum Gasteiger partial charge on any atom is 0.257 e. The molecule has 1 amide bonds. The Labute approximate surface area is 88.4 Å². The highest BCUT2D eigenvalue weighted by molar-refractivity contribution is 5.95. The van der Waals surface area contributed by atoms with Crippen LogP contribution in [0, 0.1) is 6.92 Å². The highest BCUT2D eigenvalue weighted by Gasteiger charge is 2.27. The van der Waals surface area contributed by atoms with Crippen molar-refractivity contribution < 1.29 is 9.53 Å². The fourth-order valence-corrected chi connectivity index (χ4v) is 1.84. The Morgan fingerprint density at radius 2 is 2.53 bits per heavy atom. The van der Waals surface area contributed by atoms with Gasteiger partial charge >= 0.3 is 0 Å². The highest BCUT2D eigenvalue weighted by Crippen LogP contribution is 2.16. The fourth-order valence-electron chi connectivity index (χ4n) is 1.84. The first-order chi connectivity index (χ1) is 7.22. The maximum atomic E-state index is 12.0. The first-order valence-corrected chi connectivity index (χ1v) is 5.04. The molecule has 0 saturated carbocycles. The predicted molar refractivity (Wildman–Crippen MR) is 54.6 cm³/mol. The minimum atomic E-state index is 0.0424. The van der Waals surface area contributed by atoms with Gasteiger partial charge in [0.25, 0.3) is 5.91 Å². The lowest BCUT2D eigenvalue weighted by Crippen LogP contribution is -2.30. The number of nitrogens with one attached hydrogen (secondary N) is 1. The summed E-state index contributed by atoms with van der Waals surface area (Å²) in [5.74, 6) is 0.0424. The monoisotopic (exact) mass is 209 g/mol. The number of carbonyl (C=O) groups excluding carboxylic acids is 1. The largest absolute Gasteiger partial charge is 0.380 e. The number of H-pyrrole nitrogens is 1. The van der Waals surface area contributed by atoms with Crippen LogP contribution in [0.5, 0.6) is 0 Å². The molecular formula is C10H15N3O2. The molecule has 1 fully saturated rings. The van der Waals surface area contributed by atoms with E-state index in [9.17, 15) is 4.79 Å². The van der Waals surface area contributed by atoms with Crippen LogP contribution < -0.4 is 0 Å². The topological polar surface area (TPSA) is 58.2 Å². The number of rotatable bonds is 2. The summed E-state index contributed by atoms with van der Waals surface area (Å²) in [6.45, 7) is 3.30. The second-order valence-electron chi connectivity index (χ2n) is 3.81. The minimum Gasteiger partial charge on any atom is -0.380 e. The molecule has 0 bridgehead atoms. The van der Waals surface area contributed by atoms with E-state index in [1.807, 2.05) is 11.8 Å². The van der Waals surface area contributed by atoms with E-state index in [1.54, 1.807) is 13.3 Å². The van der Waals surface area contributed by atoms with E-state index in [0.29, 0.717) is 12.1 Å². The molecule has 1 atom stereocenters. The van der Waals surface area contributed by atoms with E-state index >= 15 is 0 Å². The fraction of sp³-hybridized carbons (Fsp3) is 0.600. The summed E-state index contributed by atoms with van der Waals surface area (Å²) in [7, 11) is 1.68. The molecule has 0 aromatic carbocycles. The Morgan fingerprint density at radius 3 is 3.07 bits per heavy atom. The average molecular weight is 209 g/mol. The average Bonchev–Trinajstić information content (AvgIpc) is 2.84. The Bertz CT molecular complexity index is 361. The Hall–Kier alpha value is -1.36. The number of carbonyl (C=O) groups is 1. The summed E-state index contributed by atoms with van der Waals surface area (Å²) in [4.78, 5) is 13.8. The molecule has 1 unspecified atom stereocenters. The van der Waals surface area contributed by atoms with Gasteiger partial charge in [-0.05, 0) is 13.3 Å². The zero-order valence-corrected chi connectivity index (χ0v) is 8.99. The summed E-state index contributed by atoms with van der Waals surface area (Å²) in [6.07, 6.45) is 2.68. The number of aromatic nitrogens is 2. The molecule has 1 saturated heterocycles. The zero-order chi connectivity index (χ0) is 10.8. The lowest BCUT2D eigenvalue weighted by Gasteiger charge is -2.15. The molecule has 5 nitrogen and oxygen atoms in total. The van der Waals surface area contributed by atoms with Crippen molar-refractivity contribution in [3.63, 3.8) is 0 Å². The molecule has 2 rings (SSSR count). The van der Waals surface area contributed by atoms with Gasteiger partial charge in [0.05, 0.1) is 17.9 Å². The second-order valence-corrected chi connectivity index (χ2v) is 3.81. The molecule has 15 heavy (non-hydrogen) atoms. The van der Waals surface area contributed by atoms with Crippen LogP contribution in [0.15, 0.2) is 6.20 Å². The standard InChI is InChI=1S/C10H15N3O2/c1-7-9(5-11-12-7)10(14)13-4-3-8(6-13)15-2/h5,8H,3-4,6H2,1-2H3,(H,11,12). The molecule has 1 aliphatic rings. The number of ether oxygens (including phenoxy) is 1. The number of amides is 1. The van der Waals surface area contributed by atoms with Gasteiger partial charge < -0.3 is 9.64 Å². The van der Waals surface area contributed by atoms with Crippen LogP contribution in [0.25, 0.3) is 0 Å². The van der Waals surface area contributed by atoms with Gasteiger partial charge in [0, 0.05) is 25.9 Å². The van der Waals surface area contributed by atoms with Gasteiger partial charge in [-0.3, -0.25) is 9.89 Å². The van der Waals surface area contributed by atoms with E-state index in [4.69, 9.17) is 4.74 Å². The van der Waals surface area contributed by atoms with Gasteiger partial charge in [0.15, 0.2) is 0 Å². The van der Waals surface area contributed by atoms with Crippen molar-refractivity contribution in [3.05, 3.63) is 17.5 Å². The van der Waals surface area contributed by atoms with E-state index in [0.717, 1.165) is 18.7 Å². The Balaban J connectivity index is 2.07. The molecule has 5 heteroatoms. The van der Waals surface area contributed by atoms with Crippen LogP contribution in [-0.4, -0.2) is 47.3 Å². The summed E-state index contributed by atoms with van der Waals surface area (Å²) in [6, 6.07) is 0. The maximum absolute atomic E-state index is 12.0. The van der Waals surface area contributed by atoms with Crippen LogP contribution in [0.4, 0.5) is 0 Å². The quantitative estimate of drug-likeness (QED) is 0.775. The normalized spacial score (nSPS) is 20.9. The number of aromatic amines is 1. The van der Waals surface area contributed by atoms with Crippen molar-refractivity contribution >= 4 is 5.91 Å². The molecule has 0 spiro atoms. The summed E-state index contributed by atoms with van der Waals surface area (Å²) >= 11 is 0. The molecule has 1 N–H and O–H groups in total. The smallest absolute Gasteiger partial charge is 0.257 e. The van der Waals surface area contributed by atoms with Gasteiger partial charge in [-0.2, -0.15) is 5.10 Å². The lowest BCUT2D eigenvalue weighted by molar-refractivity contribution is 0.0723. The van der Waals surface area contributed by atoms with E-state index in [1.165, 1.54) is 0 Å². The number of methoxy groups -OCH3 is 1. The summed E-state index contributed by atoms with van der Waals surface area (Å²) in [5, 5.41) is 6.62. The van der Waals surface area contributed by atoms with E-state index in [2.05, 4.69) is 10.2 Å². The van der Waals surface area contributed by atoms with Gasteiger partial charge in [-0.1, -0.05) is 0 Å².